The molecule has 5 heteroatoms. The lowest BCUT2D eigenvalue weighted by Crippen LogP contribution is -2.34. The van der Waals surface area contributed by atoms with Gasteiger partial charge < -0.3 is 14.6 Å². The second kappa shape index (κ2) is 8.19. The minimum absolute atomic E-state index is 0.0188. The number of hydrogen-bond acceptors (Lipinski definition) is 4. The Hall–Kier alpha value is -2.30. The van der Waals surface area contributed by atoms with Crippen molar-refractivity contribution in [3.63, 3.8) is 0 Å². The SMILES string of the molecule is Cc1noc(C)c1COc1cccc(C(=O)NC2CCCCCC2)c1. The molecule has 1 aliphatic carbocycles. The van der Waals surface area contributed by atoms with Crippen LogP contribution in [-0.4, -0.2) is 17.1 Å². The van der Waals surface area contributed by atoms with Gasteiger partial charge in [0.25, 0.3) is 5.91 Å². The van der Waals surface area contributed by atoms with Gasteiger partial charge in [-0.15, -0.1) is 0 Å². The highest BCUT2D eigenvalue weighted by molar-refractivity contribution is 5.94. The molecule has 3 rings (SSSR count). The predicted octanol–water partition coefficient (Wildman–Crippen LogP) is 4.32. The van der Waals surface area contributed by atoms with E-state index in [9.17, 15) is 4.79 Å². The molecule has 0 aliphatic heterocycles. The first-order valence-electron chi connectivity index (χ1n) is 9.09. The van der Waals surface area contributed by atoms with Crippen LogP contribution < -0.4 is 10.1 Å². The summed E-state index contributed by atoms with van der Waals surface area (Å²) in [5.74, 6) is 1.42. The Bertz CT molecular complexity index is 696. The van der Waals surface area contributed by atoms with E-state index < -0.39 is 0 Å². The number of carbonyl (C=O) groups is 1. The number of nitrogens with zero attached hydrogens (tertiary/aromatic N) is 1. The molecule has 5 nitrogen and oxygen atoms in total. The van der Waals surface area contributed by atoms with Gasteiger partial charge in [-0.25, -0.2) is 0 Å². The lowest BCUT2D eigenvalue weighted by atomic mass is 10.1. The molecule has 0 radical (unpaired) electrons. The van der Waals surface area contributed by atoms with Crippen LogP contribution in [0.15, 0.2) is 28.8 Å². The van der Waals surface area contributed by atoms with E-state index in [2.05, 4.69) is 10.5 Å². The molecule has 0 saturated heterocycles. The molecule has 0 spiro atoms. The van der Waals surface area contributed by atoms with Crippen molar-refractivity contribution >= 4 is 5.91 Å². The number of benzene rings is 1. The quantitative estimate of drug-likeness (QED) is 0.822. The first kappa shape index (κ1) is 17.5. The molecule has 0 unspecified atom stereocenters. The van der Waals surface area contributed by atoms with Gasteiger partial charge in [0.05, 0.1) is 11.3 Å². The number of carbonyl (C=O) groups excluding carboxylic acids is 1. The van der Waals surface area contributed by atoms with Crippen LogP contribution in [0, 0.1) is 13.8 Å². The van der Waals surface area contributed by atoms with Crippen molar-refractivity contribution in [3.05, 3.63) is 46.8 Å². The Labute approximate surface area is 148 Å². The molecule has 2 aromatic rings. The van der Waals surface area contributed by atoms with Crippen LogP contribution in [0.25, 0.3) is 0 Å². The second-order valence-electron chi connectivity index (χ2n) is 6.78. The van der Waals surface area contributed by atoms with Gasteiger partial charge in [-0.2, -0.15) is 0 Å². The maximum absolute atomic E-state index is 12.5. The minimum atomic E-state index is -0.0188. The van der Waals surface area contributed by atoms with Crippen molar-refractivity contribution in [2.45, 2.75) is 65.0 Å². The summed E-state index contributed by atoms with van der Waals surface area (Å²) in [5, 5.41) is 7.10. The molecule has 1 aliphatic rings. The highest BCUT2D eigenvalue weighted by Gasteiger charge is 2.16. The number of hydrogen-bond donors (Lipinski definition) is 1. The van der Waals surface area contributed by atoms with E-state index in [1.807, 2.05) is 32.0 Å². The Morgan fingerprint density at radius 2 is 2.00 bits per heavy atom. The summed E-state index contributed by atoms with van der Waals surface area (Å²) in [6, 6.07) is 7.63. The average Bonchev–Trinajstić information content (AvgIpc) is 2.80. The van der Waals surface area contributed by atoms with Gasteiger partial charge in [-0.05, 0) is 44.9 Å². The van der Waals surface area contributed by atoms with Crippen LogP contribution in [0.1, 0.15) is 65.9 Å². The van der Waals surface area contributed by atoms with Gasteiger partial charge in [0.2, 0.25) is 0 Å². The number of nitrogens with one attached hydrogen (secondary N) is 1. The average molecular weight is 342 g/mol. The van der Waals surface area contributed by atoms with Gasteiger partial charge in [0.1, 0.15) is 18.1 Å². The number of amides is 1. The third-order valence-electron chi connectivity index (χ3n) is 4.85. The minimum Gasteiger partial charge on any atom is -0.489 e. The normalized spacial score (nSPS) is 15.6. The molecular weight excluding hydrogens is 316 g/mol. The molecule has 1 amide bonds. The molecule has 1 aromatic heterocycles. The van der Waals surface area contributed by atoms with Crippen LogP contribution >= 0.6 is 0 Å². The van der Waals surface area contributed by atoms with Crippen LogP contribution in [0.2, 0.25) is 0 Å². The Morgan fingerprint density at radius 3 is 2.68 bits per heavy atom. The fraction of sp³-hybridized carbons (Fsp3) is 0.500. The number of rotatable bonds is 5. The fourth-order valence-electron chi connectivity index (χ4n) is 3.28. The van der Waals surface area contributed by atoms with Crippen molar-refractivity contribution in [1.82, 2.24) is 10.5 Å². The van der Waals surface area contributed by atoms with E-state index in [1.54, 1.807) is 6.07 Å². The zero-order valence-corrected chi connectivity index (χ0v) is 15.0. The Balaban J connectivity index is 1.61. The van der Waals surface area contributed by atoms with E-state index in [4.69, 9.17) is 9.26 Å². The van der Waals surface area contributed by atoms with Crippen molar-refractivity contribution in [1.29, 1.82) is 0 Å². The summed E-state index contributed by atoms with van der Waals surface area (Å²) in [6.07, 6.45) is 7.10. The number of aryl methyl sites for hydroxylation is 2. The molecule has 134 valence electrons. The zero-order valence-electron chi connectivity index (χ0n) is 15.0. The van der Waals surface area contributed by atoms with Gasteiger partial charge >= 0.3 is 0 Å². The van der Waals surface area contributed by atoms with E-state index >= 15 is 0 Å². The molecule has 1 heterocycles. The van der Waals surface area contributed by atoms with E-state index in [0.717, 1.165) is 29.9 Å². The van der Waals surface area contributed by atoms with E-state index in [1.165, 1.54) is 25.7 Å². The summed E-state index contributed by atoms with van der Waals surface area (Å²) < 4.78 is 11.0. The van der Waals surface area contributed by atoms with Gasteiger partial charge in [0, 0.05) is 11.6 Å². The highest BCUT2D eigenvalue weighted by atomic mass is 16.5. The molecular formula is C20H26N2O3. The third-order valence-corrected chi connectivity index (χ3v) is 4.85. The second-order valence-corrected chi connectivity index (χ2v) is 6.78. The van der Waals surface area contributed by atoms with Crippen molar-refractivity contribution in [2.75, 3.05) is 0 Å². The maximum atomic E-state index is 12.5. The summed E-state index contributed by atoms with van der Waals surface area (Å²) in [7, 11) is 0. The van der Waals surface area contributed by atoms with Crippen LogP contribution in [0.3, 0.4) is 0 Å². The van der Waals surface area contributed by atoms with Crippen molar-refractivity contribution in [2.24, 2.45) is 0 Å². The predicted molar refractivity (Wildman–Crippen MR) is 95.7 cm³/mol. The third kappa shape index (κ3) is 4.62. The zero-order chi connectivity index (χ0) is 17.6. The number of aromatic nitrogens is 1. The van der Waals surface area contributed by atoms with Crippen molar-refractivity contribution in [3.8, 4) is 5.75 Å². The topological polar surface area (TPSA) is 64.4 Å². The first-order chi connectivity index (χ1) is 12.1. The smallest absolute Gasteiger partial charge is 0.251 e. The lowest BCUT2D eigenvalue weighted by molar-refractivity contribution is 0.0933. The van der Waals surface area contributed by atoms with Crippen LogP contribution in [0.4, 0.5) is 0 Å². The van der Waals surface area contributed by atoms with Crippen molar-refractivity contribution < 1.29 is 14.1 Å². The largest absolute Gasteiger partial charge is 0.489 e. The Morgan fingerprint density at radius 1 is 1.24 bits per heavy atom. The molecule has 0 atom stereocenters. The number of ether oxygens (including phenoxy) is 1. The van der Waals surface area contributed by atoms with Crippen LogP contribution in [0.5, 0.6) is 5.75 Å². The van der Waals surface area contributed by atoms with E-state index in [0.29, 0.717) is 24.0 Å². The standard InChI is InChI=1S/C20H26N2O3/c1-14-19(15(2)25-22-14)13-24-18-11-7-8-16(12-18)20(23)21-17-9-5-3-4-6-10-17/h7-8,11-12,17H,3-6,9-10,13H2,1-2H3,(H,21,23). The molecule has 1 saturated carbocycles. The maximum Gasteiger partial charge on any atom is 0.251 e. The van der Waals surface area contributed by atoms with Gasteiger partial charge in [-0.1, -0.05) is 36.9 Å². The molecule has 0 bridgehead atoms. The first-order valence-corrected chi connectivity index (χ1v) is 9.09. The fourth-order valence-corrected chi connectivity index (χ4v) is 3.28. The summed E-state index contributed by atoms with van der Waals surface area (Å²) >= 11 is 0. The van der Waals surface area contributed by atoms with Crippen LogP contribution in [-0.2, 0) is 6.61 Å². The molecule has 1 fully saturated rings. The summed E-state index contributed by atoms with van der Waals surface area (Å²) in [5.41, 5.74) is 2.42. The summed E-state index contributed by atoms with van der Waals surface area (Å²) in [6.45, 7) is 4.15. The molecule has 1 N–H and O–H groups in total. The molecule has 25 heavy (non-hydrogen) atoms. The lowest BCUT2D eigenvalue weighted by Gasteiger charge is -2.16. The van der Waals surface area contributed by atoms with E-state index in [-0.39, 0.29) is 5.91 Å². The highest BCUT2D eigenvalue weighted by Crippen LogP contribution is 2.20. The Kier molecular flexibility index (Phi) is 5.74. The van der Waals surface area contributed by atoms with Gasteiger partial charge in [-0.3, -0.25) is 4.79 Å². The molecule has 1 aromatic carbocycles. The monoisotopic (exact) mass is 342 g/mol. The van der Waals surface area contributed by atoms with Gasteiger partial charge in [0.15, 0.2) is 0 Å². The summed E-state index contributed by atoms with van der Waals surface area (Å²) in [4.78, 5) is 12.5.